The van der Waals surface area contributed by atoms with E-state index in [4.69, 9.17) is 0 Å². The number of aromatic nitrogens is 2. The Morgan fingerprint density at radius 3 is 2.00 bits per heavy atom. The van der Waals surface area contributed by atoms with Crippen molar-refractivity contribution >= 4 is 11.0 Å². The molecule has 0 unspecified atom stereocenters. The quantitative estimate of drug-likeness (QED) is 0.385. The summed E-state index contributed by atoms with van der Waals surface area (Å²) in [6.07, 6.45) is 6.34. The van der Waals surface area contributed by atoms with Gasteiger partial charge in [0, 0.05) is 25.7 Å². The van der Waals surface area contributed by atoms with Crippen LogP contribution < -0.4 is 5.62 Å². The van der Waals surface area contributed by atoms with Gasteiger partial charge in [0.1, 0.15) is 0 Å². The molecule has 35 heavy (non-hydrogen) atoms. The highest BCUT2D eigenvalue weighted by Gasteiger charge is 2.32. The van der Waals surface area contributed by atoms with Gasteiger partial charge in [0.2, 0.25) is 11.8 Å². The minimum absolute atomic E-state index is 0.302. The minimum atomic E-state index is 0.302. The second-order valence-electron chi connectivity index (χ2n) is 9.68. The molecule has 2 aliphatic rings. The Balaban J connectivity index is 1.37. The van der Waals surface area contributed by atoms with Crippen molar-refractivity contribution in [3.8, 4) is 6.19 Å². The minimum Gasteiger partial charge on any atom is -0.310 e. The molecule has 5 nitrogen and oxygen atoms in total. The zero-order valence-corrected chi connectivity index (χ0v) is 20.3. The average molecular weight is 462 g/mol. The summed E-state index contributed by atoms with van der Waals surface area (Å²) in [5.74, 6) is 0. The number of para-hydroxylation sites is 2. The molecular weight excluding hydrogens is 430 g/mol. The van der Waals surface area contributed by atoms with Crippen LogP contribution in [0.5, 0.6) is 0 Å². The fourth-order valence-electron chi connectivity index (χ4n) is 6.36. The van der Waals surface area contributed by atoms with E-state index in [2.05, 4.69) is 105 Å². The summed E-state index contributed by atoms with van der Waals surface area (Å²) in [6, 6.07) is 27.1. The Hall–Kier alpha value is -3.62. The molecule has 1 aliphatic carbocycles. The van der Waals surface area contributed by atoms with Gasteiger partial charge in [-0.15, -0.1) is 4.99 Å². The first-order valence-electron chi connectivity index (χ1n) is 12.8. The van der Waals surface area contributed by atoms with Crippen LogP contribution in [-0.2, 0) is 19.4 Å². The van der Waals surface area contributed by atoms with Crippen molar-refractivity contribution in [2.24, 2.45) is 4.99 Å². The van der Waals surface area contributed by atoms with Crippen molar-refractivity contribution in [1.29, 1.82) is 5.26 Å². The number of piperidine rings is 1. The molecule has 0 radical (unpaired) electrons. The number of hydrogen-bond donors (Lipinski definition) is 0. The second-order valence-corrected chi connectivity index (χ2v) is 9.68. The number of aryl methyl sites for hydroxylation is 3. The van der Waals surface area contributed by atoms with Crippen LogP contribution in [0.1, 0.15) is 54.1 Å². The number of nitrogens with zero attached hydrogens (tertiary/aromatic N) is 5. The molecule has 0 saturated carbocycles. The Kier molecular flexibility index (Phi) is 5.75. The third-order valence-corrected chi connectivity index (χ3v) is 7.95. The van der Waals surface area contributed by atoms with Crippen molar-refractivity contribution in [3.05, 3.63) is 101 Å². The summed E-state index contributed by atoms with van der Waals surface area (Å²) in [6.45, 7) is 4.95. The fourth-order valence-corrected chi connectivity index (χ4v) is 6.36. The SMILES string of the molecule is CCn1c(=NC#N)n(C2CCN(C3c4ccccc4CCc4ccccc43)CC2)c2ccccc21. The Bertz CT molecular complexity index is 1430. The molecule has 3 aromatic carbocycles. The maximum absolute atomic E-state index is 9.46. The van der Waals surface area contributed by atoms with E-state index in [9.17, 15) is 5.26 Å². The molecule has 176 valence electrons. The van der Waals surface area contributed by atoms with Gasteiger partial charge >= 0.3 is 0 Å². The monoisotopic (exact) mass is 461 g/mol. The standard InChI is InChI=1S/C30H31N5/c1-2-34-27-13-7-8-14-28(27)35(30(34)32-21-31)24-17-19-33(20-18-24)29-25-11-5-3-9-22(25)15-16-23-10-4-6-12-26(23)29/h3-14,24,29H,2,15-20H2,1H3. The van der Waals surface area contributed by atoms with Crippen LogP contribution in [0, 0.1) is 11.5 Å². The summed E-state index contributed by atoms with van der Waals surface area (Å²) < 4.78 is 4.50. The van der Waals surface area contributed by atoms with Gasteiger partial charge in [0.25, 0.3) is 0 Å². The lowest BCUT2D eigenvalue weighted by Gasteiger charge is -2.39. The van der Waals surface area contributed by atoms with Crippen molar-refractivity contribution < 1.29 is 0 Å². The molecule has 2 heterocycles. The number of imidazole rings is 1. The molecule has 0 spiro atoms. The molecule has 0 N–H and O–H groups in total. The lowest BCUT2D eigenvalue weighted by molar-refractivity contribution is 0.152. The van der Waals surface area contributed by atoms with Crippen LogP contribution in [0.4, 0.5) is 0 Å². The molecule has 1 aromatic heterocycles. The van der Waals surface area contributed by atoms with Crippen molar-refractivity contribution in [2.75, 3.05) is 13.1 Å². The summed E-state index contributed by atoms with van der Waals surface area (Å²) >= 11 is 0. The molecule has 1 aliphatic heterocycles. The third kappa shape index (κ3) is 3.69. The summed E-state index contributed by atoms with van der Waals surface area (Å²) in [5, 5.41) is 9.46. The molecular formula is C30H31N5. The Morgan fingerprint density at radius 2 is 1.40 bits per heavy atom. The van der Waals surface area contributed by atoms with Gasteiger partial charge in [-0.05, 0) is 67.0 Å². The van der Waals surface area contributed by atoms with Crippen LogP contribution in [0.25, 0.3) is 11.0 Å². The number of hydrogen-bond acceptors (Lipinski definition) is 3. The molecule has 6 rings (SSSR count). The summed E-state index contributed by atoms with van der Waals surface area (Å²) in [4.78, 5) is 6.97. The Morgan fingerprint density at radius 1 is 0.829 bits per heavy atom. The lowest BCUT2D eigenvalue weighted by atomic mass is 9.91. The molecule has 0 bridgehead atoms. The molecule has 0 atom stereocenters. The van der Waals surface area contributed by atoms with E-state index in [1.165, 1.54) is 27.8 Å². The molecule has 5 heteroatoms. The van der Waals surface area contributed by atoms with Crippen LogP contribution in [0.3, 0.4) is 0 Å². The van der Waals surface area contributed by atoms with Gasteiger partial charge in [-0.2, -0.15) is 5.26 Å². The maximum Gasteiger partial charge on any atom is 0.221 e. The van der Waals surface area contributed by atoms with Gasteiger partial charge in [-0.3, -0.25) is 4.90 Å². The first kappa shape index (κ1) is 21.9. The highest BCUT2D eigenvalue weighted by atomic mass is 15.2. The van der Waals surface area contributed by atoms with E-state index in [-0.39, 0.29) is 0 Å². The zero-order chi connectivity index (χ0) is 23.8. The van der Waals surface area contributed by atoms with Crippen LogP contribution in [-0.4, -0.2) is 27.1 Å². The topological polar surface area (TPSA) is 49.2 Å². The van der Waals surface area contributed by atoms with E-state index in [1.807, 2.05) is 0 Å². The molecule has 1 saturated heterocycles. The predicted molar refractivity (Wildman–Crippen MR) is 139 cm³/mol. The van der Waals surface area contributed by atoms with E-state index in [0.717, 1.165) is 56.5 Å². The van der Waals surface area contributed by atoms with E-state index in [0.29, 0.717) is 12.1 Å². The second kappa shape index (κ2) is 9.20. The lowest BCUT2D eigenvalue weighted by Crippen LogP contribution is -2.40. The summed E-state index contributed by atoms with van der Waals surface area (Å²) in [5.41, 5.74) is 8.99. The molecule has 0 amide bonds. The number of fused-ring (bicyclic) bond motifs is 3. The van der Waals surface area contributed by atoms with Gasteiger partial charge in [-0.1, -0.05) is 60.7 Å². The van der Waals surface area contributed by atoms with E-state index >= 15 is 0 Å². The number of nitriles is 1. The number of rotatable bonds is 3. The normalized spacial score (nSPS) is 17.7. The molecule has 1 fully saturated rings. The van der Waals surface area contributed by atoms with Crippen LogP contribution in [0.2, 0.25) is 0 Å². The highest BCUT2D eigenvalue weighted by molar-refractivity contribution is 5.76. The van der Waals surface area contributed by atoms with Gasteiger partial charge in [-0.25, -0.2) is 0 Å². The largest absolute Gasteiger partial charge is 0.310 e. The number of benzene rings is 3. The maximum atomic E-state index is 9.46. The smallest absolute Gasteiger partial charge is 0.221 e. The van der Waals surface area contributed by atoms with E-state index in [1.54, 1.807) is 0 Å². The predicted octanol–water partition coefficient (Wildman–Crippen LogP) is 5.37. The highest BCUT2D eigenvalue weighted by Crippen LogP contribution is 2.39. The van der Waals surface area contributed by atoms with Gasteiger partial charge in [0.05, 0.1) is 17.1 Å². The van der Waals surface area contributed by atoms with Gasteiger partial charge in [0.15, 0.2) is 0 Å². The van der Waals surface area contributed by atoms with Crippen molar-refractivity contribution in [3.63, 3.8) is 0 Å². The summed E-state index contributed by atoms with van der Waals surface area (Å²) in [7, 11) is 0. The zero-order valence-electron chi connectivity index (χ0n) is 20.3. The average Bonchev–Trinajstić information content (AvgIpc) is 3.11. The molecule has 4 aromatic rings. The van der Waals surface area contributed by atoms with Crippen LogP contribution >= 0.6 is 0 Å². The first-order chi connectivity index (χ1) is 17.3. The van der Waals surface area contributed by atoms with Crippen LogP contribution in [0.15, 0.2) is 77.8 Å². The van der Waals surface area contributed by atoms with Gasteiger partial charge < -0.3 is 9.13 Å². The fraction of sp³-hybridized carbons (Fsp3) is 0.333. The van der Waals surface area contributed by atoms with E-state index < -0.39 is 0 Å². The number of likely N-dealkylation sites (tertiary alicyclic amines) is 1. The van der Waals surface area contributed by atoms with Crippen molar-refractivity contribution in [2.45, 2.75) is 51.2 Å². The van der Waals surface area contributed by atoms with Crippen molar-refractivity contribution in [1.82, 2.24) is 14.0 Å². The third-order valence-electron chi connectivity index (χ3n) is 7.95. The Labute approximate surface area is 206 Å². The first-order valence-corrected chi connectivity index (χ1v) is 12.8.